The van der Waals surface area contributed by atoms with Crippen LogP contribution in [-0.2, 0) is 0 Å². The highest BCUT2D eigenvalue weighted by molar-refractivity contribution is 5.73. The van der Waals surface area contributed by atoms with Crippen molar-refractivity contribution in [3.05, 3.63) is 11.6 Å². The van der Waals surface area contributed by atoms with Crippen molar-refractivity contribution in [1.82, 2.24) is 0 Å². The normalized spacial score (nSPS) is 16.4. The number of nitrogen functional groups attached to an aromatic ring is 2. The van der Waals surface area contributed by atoms with Crippen LogP contribution in [-0.4, -0.2) is 107 Å². The van der Waals surface area contributed by atoms with Crippen molar-refractivity contribution < 1.29 is 176 Å². The zero-order valence-electron chi connectivity index (χ0n) is 29.4. The highest BCUT2D eigenvalue weighted by atomic mass is 19.5. The zero-order chi connectivity index (χ0) is 55.0. The molecule has 0 spiro atoms. The number of benzene rings is 1. The molecule has 0 atom stereocenters. The summed E-state index contributed by atoms with van der Waals surface area (Å²) >= 11 is 0. The fraction of sp³-hybridized carbons (Fsp3) is 0.760. The Morgan fingerprint density at radius 1 is 0.299 bits per heavy atom. The minimum atomic E-state index is -9.56. The summed E-state index contributed by atoms with van der Waals surface area (Å²) in [7, 11) is 0. The molecule has 4 nitrogen and oxygen atoms in total. The molecule has 0 bridgehead atoms. The van der Waals surface area contributed by atoms with Crippen molar-refractivity contribution in [3.8, 4) is 11.5 Å². The van der Waals surface area contributed by atoms with E-state index in [1.807, 2.05) is 0 Å². The third-order valence-corrected chi connectivity index (χ3v) is 8.21. The van der Waals surface area contributed by atoms with Crippen LogP contribution in [0.2, 0.25) is 0 Å². The highest BCUT2D eigenvalue weighted by Crippen LogP contribution is 2.68. The lowest BCUT2D eigenvalue weighted by Gasteiger charge is -2.43. The molecule has 0 unspecified atom stereocenters. The lowest BCUT2D eigenvalue weighted by atomic mass is 9.88. The molecule has 1 aromatic carbocycles. The third-order valence-electron chi connectivity index (χ3n) is 8.21. The van der Waals surface area contributed by atoms with Crippen LogP contribution < -0.4 is 20.9 Å². The molecule has 0 aliphatic heterocycles. The van der Waals surface area contributed by atoms with Gasteiger partial charge in [-0.1, -0.05) is 0 Å². The van der Waals surface area contributed by atoms with Gasteiger partial charge in [0.2, 0.25) is 0 Å². The Bertz CT molecular complexity index is 1990. The first kappa shape index (κ1) is 60.8. The Hall–Kier alpha value is -4.24. The van der Waals surface area contributed by atoms with Crippen molar-refractivity contribution in [3.63, 3.8) is 0 Å². The second-order valence-electron chi connectivity index (χ2n) is 12.6. The first-order valence-corrected chi connectivity index (χ1v) is 14.7. The van der Waals surface area contributed by atoms with Gasteiger partial charge in [0.1, 0.15) is 5.69 Å². The number of anilines is 2. The van der Waals surface area contributed by atoms with E-state index in [9.17, 15) is 167 Å². The molecule has 0 aliphatic carbocycles. The maximum atomic E-state index is 14.5. The predicted molar refractivity (Wildman–Crippen MR) is 133 cm³/mol. The first-order chi connectivity index (χ1) is 28.4. The van der Waals surface area contributed by atoms with Crippen LogP contribution in [0.15, 0.2) is 6.07 Å². The maximum absolute atomic E-state index is 14.5. The van der Waals surface area contributed by atoms with Gasteiger partial charge in [0.05, 0.1) is 0 Å². The van der Waals surface area contributed by atoms with E-state index in [4.69, 9.17) is 5.73 Å². The van der Waals surface area contributed by atoms with Crippen LogP contribution in [0, 0.1) is 6.92 Å². The fourth-order valence-electron chi connectivity index (χ4n) is 4.08. The molecule has 0 heterocycles. The SMILES string of the molecule is Cc1c(N)cc(OC(F)(F)C(F)(F)C(F)(F)C(F)(F)C(F)(F)C(F)(F)C(F)(F)C(F)(F)C(F)(F)F)c(N)c1OC(F)(F)C(F)(F)C(F)(F)C(F)(F)C(F)(F)C(F)(F)C(F)(F)C(F)(F)C(F)(F)F. The standard InChI is InChI=1S/C25H8F38N2O2/c1-3-4(64)2-5(66-24(60,61)20(50,51)16(42,43)12(34,35)8(26,27)10(30,31)14(38,39)18(46,47)22(54,55)56)6(65)7(3)67-25(62,63)21(52,53)17(44,45)13(36,37)9(28,29)11(32,33)15(40,41)19(48,49)23(57,58)59/h2H,64-65H2,1H3. The van der Waals surface area contributed by atoms with Crippen molar-refractivity contribution in [2.45, 2.75) is 114 Å². The number of hydrogen-bond acceptors (Lipinski definition) is 4. The average Bonchev–Trinajstić information content (AvgIpc) is 3.09. The minimum Gasteiger partial charge on any atom is -0.425 e. The van der Waals surface area contributed by atoms with Crippen molar-refractivity contribution in [2.24, 2.45) is 0 Å². The van der Waals surface area contributed by atoms with Gasteiger partial charge in [-0.05, 0) is 6.92 Å². The number of ether oxygens (including phenoxy) is 2. The van der Waals surface area contributed by atoms with E-state index in [-0.39, 0.29) is 6.92 Å². The minimum absolute atomic E-state index is 0.245. The van der Waals surface area contributed by atoms with E-state index in [1.165, 1.54) is 0 Å². The molecular formula is C25H8F38N2O2. The molecule has 396 valence electrons. The highest BCUT2D eigenvalue weighted by Gasteiger charge is 2.99. The lowest BCUT2D eigenvalue weighted by molar-refractivity contribution is -0.476. The van der Waals surface area contributed by atoms with Crippen LogP contribution in [0.25, 0.3) is 0 Å². The Balaban J connectivity index is 4.01. The summed E-state index contributed by atoms with van der Waals surface area (Å²) < 4.78 is 522. The molecule has 0 saturated carbocycles. The monoisotopic (exact) mass is 1090 g/mol. The van der Waals surface area contributed by atoms with Crippen molar-refractivity contribution in [1.29, 1.82) is 0 Å². The Labute approximate surface area is 338 Å². The van der Waals surface area contributed by atoms with E-state index >= 15 is 0 Å². The number of hydrogen-bond donors (Lipinski definition) is 2. The molecule has 42 heteroatoms. The molecule has 0 fully saturated rings. The molecule has 0 saturated heterocycles. The van der Waals surface area contributed by atoms with Gasteiger partial charge in [0.15, 0.2) is 11.5 Å². The van der Waals surface area contributed by atoms with Crippen LogP contribution in [0.1, 0.15) is 5.56 Å². The molecule has 0 radical (unpaired) electrons. The fourth-order valence-corrected chi connectivity index (χ4v) is 4.08. The summed E-state index contributed by atoms with van der Waals surface area (Å²) in [5.74, 6) is -136. The zero-order valence-corrected chi connectivity index (χ0v) is 29.4. The van der Waals surface area contributed by atoms with E-state index in [1.54, 1.807) is 0 Å². The van der Waals surface area contributed by atoms with Crippen LogP contribution >= 0.6 is 0 Å². The molecule has 67 heavy (non-hydrogen) atoms. The predicted octanol–water partition coefficient (Wildman–Crippen LogP) is 13.1. The molecule has 1 aromatic rings. The Kier molecular flexibility index (Phi) is 14.0. The van der Waals surface area contributed by atoms with Gasteiger partial charge < -0.3 is 20.9 Å². The first-order valence-electron chi connectivity index (χ1n) is 14.7. The van der Waals surface area contributed by atoms with Gasteiger partial charge in [-0.3, -0.25) is 0 Å². The molecule has 0 amide bonds. The summed E-state index contributed by atoms with van der Waals surface area (Å²) in [6.07, 6.45) is -33.0. The Morgan fingerprint density at radius 2 is 0.493 bits per heavy atom. The number of rotatable bonds is 18. The quantitative estimate of drug-likeness (QED) is 0.114. The largest absolute Gasteiger partial charge is 0.471 e. The Morgan fingerprint density at radius 3 is 0.716 bits per heavy atom. The van der Waals surface area contributed by atoms with Gasteiger partial charge in [0, 0.05) is 17.3 Å². The van der Waals surface area contributed by atoms with Crippen LogP contribution in [0.4, 0.5) is 178 Å². The van der Waals surface area contributed by atoms with Gasteiger partial charge >= 0.3 is 107 Å². The molecule has 0 aromatic heterocycles. The van der Waals surface area contributed by atoms with Gasteiger partial charge in [-0.25, -0.2) is 0 Å². The number of alkyl halides is 38. The average molecular weight is 1090 g/mol. The lowest BCUT2D eigenvalue weighted by Crippen LogP contribution is -2.76. The van der Waals surface area contributed by atoms with Crippen molar-refractivity contribution in [2.75, 3.05) is 11.5 Å². The number of halogens is 38. The smallest absolute Gasteiger partial charge is 0.425 e. The summed E-state index contributed by atoms with van der Waals surface area (Å²) in [4.78, 5) is 0. The van der Waals surface area contributed by atoms with Crippen molar-refractivity contribution >= 4 is 11.4 Å². The second-order valence-corrected chi connectivity index (χ2v) is 12.6. The maximum Gasteiger partial charge on any atom is 0.471 e. The molecule has 4 N–H and O–H groups in total. The van der Waals surface area contributed by atoms with Crippen LogP contribution in [0.3, 0.4) is 0 Å². The summed E-state index contributed by atoms with van der Waals surface area (Å²) in [5.41, 5.74) is 2.03. The topological polar surface area (TPSA) is 70.5 Å². The summed E-state index contributed by atoms with van der Waals surface area (Å²) in [6.45, 7) is -0.245. The van der Waals surface area contributed by atoms with E-state index in [0.717, 1.165) is 0 Å². The van der Waals surface area contributed by atoms with E-state index in [0.29, 0.717) is 0 Å². The summed E-state index contributed by atoms with van der Waals surface area (Å²) in [5, 5.41) is 0. The van der Waals surface area contributed by atoms with Crippen LogP contribution in [0.5, 0.6) is 11.5 Å². The van der Waals surface area contributed by atoms with E-state index in [2.05, 4.69) is 15.2 Å². The molecule has 0 aliphatic rings. The summed E-state index contributed by atoms with van der Waals surface area (Å²) in [6, 6.07) is -0.973. The molecule has 1 rings (SSSR count). The van der Waals surface area contributed by atoms with E-state index < -0.39 is 142 Å². The third kappa shape index (κ3) is 7.65. The number of nitrogens with two attached hydrogens (primary N) is 2. The second kappa shape index (κ2) is 15.4. The van der Waals surface area contributed by atoms with Gasteiger partial charge in [-0.2, -0.15) is 167 Å². The van der Waals surface area contributed by atoms with Gasteiger partial charge in [0.25, 0.3) is 0 Å². The molecular weight excluding hydrogens is 1080 g/mol. The van der Waals surface area contributed by atoms with Gasteiger partial charge in [-0.15, -0.1) is 0 Å².